The number of hydrogen-bond acceptors (Lipinski definition) is 6. The van der Waals surface area contributed by atoms with Crippen LogP contribution in [0, 0.1) is 0 Å². The lowest BCUT2D eigenvalue weighted by molar-refractivity contribution is -0.0605. The normalized spacial score (nSPS) is 22.1. The Morgan fingerprint density at radius 3 is 3.00 bits per heavy atom. The van der Waals surface area contributed by atoms with E-state index in [9.17, 15) is 4.79 Å². The van der Waals surface area contributed by atoms with Crippen LogP contribution in [0.1, 0.15) is 28.5 Å². The van der Waals surface area contributed by atoms with Crippen molar-refractivity contribution in [2.24, 2.45) is 0 Å². The molecule has 1 aromatic carbocycles. The molecule has 0 spiro atoms. The Kier molecular flexibility index (Phi) is 4.04. The van der Waals surface area contributed by atoms with Crippen molar-refractivity contribution in [3.8, 4) is 11.5 Å². The van der Waals surface area contributed by atoms with Gasteiger partial charge in [-0.2, -0.15) is 0 Å². The van der Waals surface area contributed by atoms with E-state index >= 15 is 0 Å². The van der Waals surface area contributed by atoms with E-state index in [2.05, 4.69) is 10.3 Å². The SMILES string of the molecule is COc1ccc(C(=O)N2CC[C@H]3OCc4cnnn4[C@H]3C2)c(OC)c1. The average molecular weight is 344 g/mol. The van der Waals surface area contributed by atoms with Gasteiger partial charge in [-0.05, 0) is 18.6 Å². The number of aromatic nitrogens is 3. The lowest BCUT2D eigenvalue weighted by Gasteiger charge is -2.41. The molecule has 4 rings (SSSR count). The molecule has 1 aromatic heterocycles. The largest absolute Gasteiger partial charge is 0.497 e. The average Bonchev–Trinajstić information content (AvgIpc) is 3.15. The van der Waals surface area contributed by atoms with E-state index in [1.807, 2.05) is 9.58 Å². The number of carbonyl (C=O) groups excluding carboxylic acids is 1. The molecule has 2 aliphatic heterocycles. The third-order valence-electron chi connectivity index (χ3n) is 4.85. The van der Waals surface area contributed by atoms with Gasteiger partial charge in [0.25, 0.3) is 5.91 Å². The first-order chi connectivity index (χ1) is 12.2. The molecule has 0 bridgehead atoms. The van der Waals surface area contributed by atoms with Crippen LogP contribution in [-0.2, 0) is 11.3 Å². The molecule has 1 amide bonds. The van der Waals surface area contributed by atoms with Crippen molar-refractivity contribution in [3.63, 3.8) is 0 Å². The quantitative estimate of drug-likeness (QED) is 0.835. The summed E-state index contributed by atoms with van der Waals surface area (Å²) in [6.45, 7) is 1.70. The zero-order chi connectivity index (χ0) is 17.4. The van der Waals surface area contributed by atoms with Gasteiger partial charge in [0.2, 0.25) is 0 Å². The molecule has 2 atom stereocenters. The Bertz CT molecular complexity index is 791. The predicted octanol–water partition coefficient (Wildman–Crippen LogP) is 1.28. The summed E-state index contributed by atoms with van der Waals surface area (Å²) >= 11 is 0. The zero-order valence-corrected chi connectivity index (χ0v) is 14.2. The highest BCUT2D eigenvalue weighted by molar-refractivity contribution is 5.97. The minimum absolute atomic E-state index is 0.00630. The maximum atomic E-state index is 13.0. The van der Waals surface area contributed by atoms with Gasteiger partial charge in [-0.15, -0.1) is 5.10 Å². The topological polar surface area (TPSA) is 78.7 Å². The van der Waals surface area contributed by atoms with Gasteiger partial charge in [0.15, 0.2) is 0 Å². The second-order valence-corrected chi connectivity index (χ2v) is 6.19. The van der Waals surface area contributed by atoms with Crippen LogP contribution in [0.15, 0.2) is 24.4 Å². The first-order valence-corrected chi connectivity index (χ1v) is 8.23. The summed E-state index contributed by atoms with van der Waals surface area (Å²) in [7, 11) is 3.13. The molecule has 8 nitrogen and oxygen atoms in total. The van der Waals surface area contributed by atoms with Gasteiger partial charge in [0, 0.05) is 19.2 Å². The molecular weight excluding hydrogens is 324 g/mol. The third-order valence-corrected chi connectivity index (χ3v) is 4.85. The smallest absolute Gasteiger partial charge is 0.257 e. The Balaban J connectivity index is 1.58. The number of carbonyl (C=O) groups is 1. The van der Waals surface area contributed by atoms with Crippen LogP contribution in [0.5, 0.6) is 11.5 Å². The molecule has 132 valence electrons. The van der Waals surface area contributed by atoms with Crippen molar-refractivity contribution in [3.05, 3.63) is 35.7 Å². The highest BCUT2D eigenvalue weighted by atomic mass is 16.5. The van der Waals surface area contributed by atoms with Gasteiger partial charge in [-0.3, -0.25) is 4.79 Å². The highest BCUT2D eigenvalue weighted by Gasteiger charge is 2.38. The standard InChI is InChI=1S/C17H20N4O4/c1-23-12-3-4-13(16(7-12)24-2)17(22)20-6-5-15-14(9-20)21-11(10-25-15)8-18-19-21/h3-4,7-8,14-15H,5-6,9-10H2,1-2H3/t14-,15+/m0/s1. The van der Waals surface area contributed by atoms with E-state index in [0.717, 1.165) is 12.1 Å². The van der Waals surface area contributed by atoms with E-state index in [-0.39, 0.29) is 18.1 Å². The van der Waals surface area contributed by atoms with E-state index < -0.39 is 0 Å². The number of benzene rings is 1. The van der Waals surface area contributed by atoms with Gasteiger partial charge >= 0.3 is 0 Å². The van der Waals surface area contributed by atoms with Gasteiger partial charge < -0.3 is 19.1 Å². The van der Waals surface area contributed by atoms with Crippen molar-refractivity contribution < 1.29 is 19.0 Å². The lowest BCUT2D eigenvalue weighted by atomic mass is 9.99. The number of hydrogen-bond donors (Lipinski definition) is 0. The Morgan fingerprint density at radius 2 is 2.20 bits per heavy atom. The fraction of sp³-hybridized carbons (Fsp3) is 0.471. The van der Waals surface area contributed by atoms with Gasteiger partial charge in [0.05, 0.1) is 50.4 Å². The molecule has 2 aliphatic rings. The first-order valence-electron chi connectivity index (χ1n) is 8.23. The summed E-state index contributed by atoms with van der Waals surface area (Å²) in [5.74, 6) is 1.10. The van der Waals surface area contributed by atoms with Gasteiger partial charge in [-0.1, -0.05) is 5.21 Å². The third kappa shape index (κ3) is 2.72. The molecule has 2 aromatic rings. The maximum absolute atomic E-state index is 13.0. The van der Waals surface area contributed by atoms with E-state index in [4.69, 9.17) is 14.2 Å². The maximum Gasteiger partial charge on any atom is 0.257 e. The molecule has 1 fully saturated rings. The molecule has 0 aliphatic carbocycles. The minimum atomic E-state index is -0.0646. The summed E-state index contributed by atoms with van der Waals surface area (Å²) in [4.78, 5) is 14.8. The number of piperidine rings is 1. The van der Waals surface area contributed by atoms with Gasteiger partial charge in [-0.25, -0.2) is 4.68 Å². The van der Waals surface area contributed by atoms with Crippen LogP contribution in [0.25, 0.3) is 0 Å². The molecule has 0 unspecified atom stereocenters. The van der Waals surface area contributed by atoms with Crippen LogP contribution in [0.4, 0.5) is 0 Å². The van der Waals surface area contributed by atoms with E-state index in [1.165, 1.54) is 0 Å². The van der Waals surface area contributed by atoms with Crippen molar-refractivity contribution in [2.75, 3.05) is 27.3 Å². The number of likely N-dealkylation sites (tertiary alicyclic amines) is 1. The van der Waals surface area contributed by atoms with Crippen LogP contribution in [-0.4, -0.2) is 59.2 Å². The number of nitrogens with zero attached hydrogens (tertiary/aromatic N) is 4. The van der Waals surface area contributed by atoms with E-state index in [1.54, 1.807) is 38.6 Å². The van der Waals surface area contributed by atoms with Crippen LogP contribution >= 0.6 is 0 Å². The molecule has 8 heteroatoms. The zero-order valence-electron chi connectivity index (χ0n) is 14.2. The number of rotatable bonds is 3. The van der Waals surface area contributed by atoms with Crippen LogP contribution in [0.2, 0.25) is 0 Å². The van der Waals surface area contributed by atoms with Crippen molar-refractivity contribution in [2.45, 2.75) is 25.2 Å². The molecule has 0 N–H and O–H groups in total. The minimum Gasteiger partial charge on any atom is -0.497 e. The summed E-state index contributed by atoms with van der Waals surface area (Å²) in [5, 5.41) is 8.14. The summed E-state index contributed by atoms with van der Waals surface area (Å²) in [6.07, 6.45) is 2.55. The number of methoxy groups -OCH3 is 2. The molecule has 0 saturated carbocycles. The van der Waals surface area contributed by atoms with Crippen molar-refractivity contribution >= 4 is 5.91 Å². The molecule has 0 radical (unpaired) electrons. The first kappa shape index (κ1) is 15.9. The molecule has 1 saturated heterocycles. The lowest BCUT2D eigenvalue weighted by Crippen LogP contribution is -2.49. The molecule has 25 heavy (non-hydrogen) atoms. The predicted molar refractivity (Wildman–Crippen MR) is 87.7 cm³/mol. The van der Waals surface area contributed by atoms with Gasteiger partial charge in [0.1, 0.15) is 11.5 Å². The Morgan fingerprint density at radius 1 is 1.32 bits per heavy atom. The van der Waals surface area contributed by atoms with Crippen molar-refractivity contribution in [1.29, 1.82) is 0 Å². The molecule has 3 heterocycles. The van der Waals surface area contributed by atoms with Crippen molar-refractivity contribution in [1.82, 2.24) is 19.9 Å². The summed E-state index contributed by atoms with van der Waals surface area (Å²) in [5.41, 5.74) is 1.47. The Labute approximate surface area is 145 Å². The highest BCUT2D eigenvalue weighted by Crippen LogP contribution is 2.32. The fourth-order valence-electron chi connectivity index (χ4n) is 3.51. The Hall–Kier alpha value is -2.61. The second kappa shape index (κ2) is 6.36. The number of amides is 1. The van der Waals surface area contributed by atoms with E-state index in [0.29, 0.717) is 36.8 Å². The fourth-order valence-corrected chi connectivity index (χ4v) is 3.51. The molecular formula is C17H20N4O4. The van der Waals surface area contributed by atoms with Crippen LogP contribution < -0.4 is 9.47 Å². The second-order valence-electron chi connectivity index (χ2n) is 6.19. The summed E-state index contributed by atoms with van der Waals surface area (Å²) < 4.78 is 18.4. The van der Waals surface area contributed by atoms with Crippen LogP contribution in [0.3, 0.4) is 0 Å². The number of fused-ring (bicyclic) bond motifs is 3. The monoisotopic (exact) mass is 344 g/mol. The summed E-state index contributed by atoms with van der Waals surface area (Å²) in [6, 6.07) is 5.22. The number of ether oxygens (including phenoxy) is 3.